The number of carbonyl (C=O) groups excluding carboxylic acids is 1. The monoisotopic (exact) mass is 260 g/mol. The number of benzene rings is 1. The third-order valence-electron chi connectivity index (χ3n) is 2.48. The molecule has 0 aliphatic carbocycles. The molecule has 2 aromatic rings. The van der Waals surface area contributed by atoms with Gasteiger partial charge in [-0.3, -0.25) is 4.79 Å². The van der Waals surface area contributed by atoms with E-state index in [4.69, 9.17) is 12.2 Å². The van der Waals surface area contributed by atoms with Crippen molar-refractivity contribution < 1.29 is 4.79 Å². The molecule has 0 saturated carbocycles. The van der Waals surface area contributed by atoms with Crippen LogP contribution in [0.5, 0.6) is 0 Å². The highest BCUT2D eigenvalue weighted by Crippen LogP contribution is 2.26. The normalized spacial score (nSPS) is 18.0. The van der Waals surface area contributed by atoms with Crippen molar-refractivity contribution in [3.8, 4) is 0 Å². The van der Waals surface area contributed by atoms with Gasteiger partial charge in [-0.2, -0.15) is 0 Å². The molecule has 2 N–H and O–H groups in total. The second kappa shape index (κ2) is 4.01. The molecule has 5 heteroatoms. The number of thioether (sulfide) groups is 1. The van der Waals surface area contributed by atoms with Gasteiger partial charge in [-0.05, 0) is 23.6 Å². The number of amides is 1. The third kappa shape index (κ3) is 1.99. The Labute approximate surface area is 107 Å². The summed E-state index contributed by atoms with van der Waals surface area (Å²) < 4.78 is 0.511. The maximum Gasteiger partial charge on any atom is 0.263 e. The lowest BCUT2D eigenvalue weighted by Gasteiger charge is -1.89. The number of aromatic amines is 1. The van der Waals surface area contributed by atoms with Gasteiger partial charge in [0.2, 0.25) is 0 Å². The summed E-state index contributed by atoms with van der Waals surface area (Å²) in [7, 11) is 0. The Bertz CT molecular complexity index is 624. The number of hydrogen-bond acceptors (Lipinski definition) is 3. The van der Waals surface area contributed by atoms with E-state index < -0.39 is 0 Å². The lowest BCUT2D eigenvalue weighted by molar-refractivity contribution is -0.115. The van der Waals surface area contributed by atoms with Crippen molar-refractivity contribution in [1.29, 1.82) is 0 Å². The Kier molecular flexibility index (Phi) is 2.49. The molecule has 1 amide bonds. The molecule has 1 saturated heterocycles. The van der Waals surface area contributed by atoms with Crippen LogP contribution in [0.2, 0.25) is 0 Å². The highest BCUT2D eigenvalue weighted by Gasteiger charge is 2.22. The van der Waals surface area contributed by atoms with Gasteiger partial charge in [0.15, 0.2) is 0 Å². The molecule has 1 fully saturated rings. The fourth-order valence-corrected chi connectivity index (χ4v) is 2.77. The Hall–Kier alpha value is -1.59. The lowest BCUT2D eigenvalue weighted by Crippen LogP contribution is -2.17. The zero-order valence-electron chi connectivity index (χ0n) is 8.69. The summed E-state index contributed by atoms with van der Waals surface area (Å²) in [6, 6.07) is 10.0. The van der Waals surface area contributed by atoms with E-state index in [1.807, 2.05) is 36.4 Å². The van der Waals surface area contributed by atoms with E-state index >= 15 is 0 Å². The van der Waals surface area contributed by atoms with E-state index in [1.54, 1.807) is 0 Å². The maximum absolute atomic E-state index is 11.5. The molecule has 1 aromatic heterocycles. The second-order valence-corrected chi connectivity index (χ2v) is 5.38. The van der Waals surface area contributed by atoms with Gasteiger partial charge in [0, 0.05) is 11.2 Å². The molecule has 0 unspecified atom stereocenters. The van der Waals surface area contributed by atoms with Crippen LogP contribution in [0.15, 0.2) is 35.2 Å². The SMILES string of the molecule is O=C1NC(=S)S/C1=C/c1cc2ccccc2[nH]1. The number of H-pyrrole nitrogens is 1. The van der Waals surface area contributed by atoms with Crippen LogP contribution in [0, 0.1) is 0 Å². The van der Waals surface area contributed by atoms with Crippen LogP contribution >= 0.6 is 24.0 Å². The number of aromatic nitrogens is 1. The zero-order chi connectivity index (χ0) is 11.8. The quantitative estimate of drug-likeness (QED) is 0.612. The summed E-state index contributed by atoms with van der Waals surface area (Å²) in [5, 5.41) is 3.72. The van der Waals surface area contributed by atoms with Crippen LogP contribution in [0.1, 0.15) is 5.69 Å². The average molecular weight is 260 g/mol. The molecule has 0 radical (unpaired) electrons. The van der Waals surface area contributed by atoms with Crippen LogP contribution < -0.4 is 5.32 Å². The van der Waals surface area contributed by atoms with Gasteiger partial charge in [0.05, 0.1) is 4.91 Å². The summed E-state index contributed by atoms with van der Waals surface area (Å²) in [6.07, 6.45) is 1.82. The molecular weight excluding hydrogens is 252 g/mol. The largest absolute Gasteiger partial charge is 0.355 e. The summed E-state index contributed by atoms with van der Waals surface area (Å²) in [5.74, 6) is -0.126. The number of para-hydroxylation sites is 1. The minimum atomic E-state index is -0.126. The minimum absolute atomic E-state index is 0.126. The highest BCUT2D eigenvalue weighted by atomic mass is 32.2. The van der Waals surface area contributed by atoms with Crippen molar-refractivity contribution in [3.63, 3.8) is 0 Å². The van der Waals surface area contributed by atoms with Crippen LogP contribution in [0.4, 0.5) is 0 Å². The van der Waals surface area contributed by atoms with Gasteiger partial charge in [0.1, 0.15) is 4.32 Å². The molecule has 3 rings (SSSR count). The smallest absolute Gasteiger partial charge is 0.263 e. The average Bonchev–Trinajstić information content (AvgIpc) is 2.82. The third-order valence-corrected chi connectivity index (χ3v) is 3.64. The van der Waals surface area contributed by atoms with Crippen molar-refractivity contribution in [2.45, 2.75) is 0 Å². The highest BCUT2D eigenvalue weighted by molar-refractivity contribution is 8.26. The van der Waals surface area contributed by atoms with Crippen molar-refractivity contribution >= 4 is 51.2 Å². The zero-order valence-corrected chi connectivity index (χ0v) is 10.3. The second-order valence-electron chi connectivity index (χ2n) is 3.66. The number of thiocarbonyl (C=S) groups is 1. The fourth-order valence-electron chi connectivity index (χ4n) is 1.74. The van der Waals surface area contributed by atoms with E-state index in [2.05, 4.69) is 10.3 Å². The molecule has 84 valence electrons. The molecule has 2 heterocycles. The van der Waals surface area contributed by atoms with Gasteiger partial charge in [-0.15, -0.1) is 0 Å². The van der Waals surface area contributed by atoms with Gasteiger partial charge in [-0.1, -0.05) is 42.2 Å². The predicted molar refractivity (Wildman–Crippen MR) is 74.6 cm³/mol. The van der Waals surface area contributed by atoms with E-state index in [1.165, 1.54) is 11.8 Å². The molecular formula is C12H8N2OS2. The molecule has 17 heavy (non-hydrogen) atoms. The van der Waals surface area contributed by atoms with Crippen LogP contribution in [-0.2, 0) is 4.79 Å². The number of rotatable bonds is 1. The minimum Gasteiger partial charge on any atom is -0.355 e. The van der Waals surface area contributed by atoms with Gasteiger partial charge in [0.25, 0.3) is 5.91 Å². The van der Waals surface area contributed by atoms with Crippen molar-refractivity contribution in [2.24, 2.45) is 0 Å². The van der Waals surface area contributed by atoms with E-state index in [0.29, 0.717) is 9.23 Å². The number of nitrogens with one attached hydrogen (secondary N) is 2. The van der Waals surface area contributed by atoms with Crippen LogP contribution in [0.25, 0.3) is 17.0 Å². The first-order chi connectivity index (χ1) is 8.22. The Morgan fingerprint density at radius 1 is 1.29 bits per heavy atom. The first kappa shape index (κ1) is 10.6. The fraction of sp³-hybridized carbons (Fsp3) is 0. The molecule has 0 atom stereocenters. The lowest BCUT2D eigenvalue weighted by atomic mass is 10.2. The topological polar surface area (TPSA) is 44.9 Å². The number of fused-ring (bicyclic) bond motifs is 1. The number of hydrogen-bond donors (Lipinski definition) is 2. The van der Waals surface area contributed by atoms with Gasteiger partial charge >= 0.3 is 0 Å². The van der Waals surface area contributed by atoms with E-state index in [-0.39, 0.29) is 5.91 Å². The maximum atomic E-state index is 11.5. The van der Waals surface area contributed by atoms with Crippen molar-refractivity contribution in [3.05, 3.63) is 40.9 Å². The standard InChI is InChI=1S/C12H8N2OS2/c15-11-10(17-12(16)14-11)6-8-5-7-3-1-2-4-9(7)13-8/h1-6,13H,(H,14,15,16)/b10-6+. The molecule has 0 spiro atoms. The molecule has 0 bridgehead atoms. The predicted octanol–water partition coefficient (Wildman–Crippen LogP) is 2.66. The summed E-state index contributed by atoms with van der Waals surface area (Å²) in [6.45, 7) is 0. The van der Waals surface area contributed by atoms with Gasteiger partial charge in [-0.25, -0.2) is 0 Å². The van der Waals surface area contributed by atoms with Crippen molar-refractivity contribution in [1.82, 2.24) is 10.3 Å². The van der Waals surface area contributed by atoms with Crippen molar-refractivity contribution in [2.75, 3.05) is 0 Å². The Balaban J connectivity index is 2.02. The molecule has 3 nitrogen and oxygen atoms in total. The van der Waals surface area contributed by atoms with Gasteiger partial charge < -0.3 is 10.3 Å². The first-order valence-corrected chi connectivity index (χ1v) is 6.27. The summed E-state index contributed by atoms with van der Waals surface area (Å²) in [5.41, 5.74) is 1.97. The summed E-state index contributed by atoms with van der Waals surface area (Å²) >= 11 is 6.22. The summed E-state index contributed by atoms with van der Waals surface area (Å²) in [4.78, 5) is 15.4. The van der Waals surface area contributed by atoms with E-state index in [0.717, 1.165) is 16.6 Å². The molecule has 1 aliphatic rings. The molecule has 1 aliphatic heterocycles. The number of carbonyl (C=O) groups is 1. The van der Waals surface area contributed by atoms with Crippen LogP contribution in [0.3, 0.4) is 0 Å². The Morgan fingerprint density at radius 3 is 2.82 bits per heavy atom. The van der Waals surface area contributed by atoms with Crippen LogP contribution in [-0.4, -0.2) is 15.2 Å². The van der Waals surface area contributed by atoms with E-state index in [9.17, 15) is 4.79 Å². The molecule has 1 aromatic carbocycles. The first-order valence-electron chi connectivity index (χ1n) is 5.05. The Morgan fingerprint density at radius 2 is 2.12 bits per heavy atom.